The van der Waals surface area contributed by atoms with Gasteiger partial charge >= 0.3 is 0 Å². The number of rotatable bonds is 9. The van der Waals surface area contributed by atoms with Crippen molar-refractivity contribution in [3.8, 4) is 0 Å². The Bertz CT molecular complexity index is 1150. The maximum absolute atomic E-state index is 13.6. The zero-order valence-corrected chi connectivity index (χ0v) is 18.8. The van der Waals surface area contributed by atoms with Crippen molar-refractivity contribution in [3.63, 3.8) is 0 Å². The third-order valence-corrected chi connectivity index (χ3v) is 5.19. The van der Waals surface area contributed by atoms with Gasteiger partial charge in [-0.05, 0) is 41.0 Å². The molecule has 3 rings (SSSR count). The quantitative estimate of drug-likeness (QED) is 0.257. The van der Waals surface area contributed by atoms with Gasteiger partial charge in [0, 0.05) is 24.7 Å². The van der Waals surface area contributed by atoms with Gasteiger partial charge in [-0.25, -0.2) is 5.48 Å². The van der Waals surface area contributed by atoms with Gasteiger partial charge in [-0.2, -0.15) is 0 Å². The summed E-state index contributed by atoms with van der Waals surface area (Å²) in [5.74, 6) is -1.20. The van der Waals surface area contributed by atoms with Gasteiger partial charge in [0.25, 0.3) is 5.91 Å². The molecule has 174 valence electrons. The molecule has 1 unspecified atom stereocenters. The lowest BCUT2D eigenvalue weighted by Gasteiger charge is -2.31. The van der Waals surface area contributed by atoms with E-state index in [0.717, 1.165) is 5.56 Å². The van der Waals surface area contributed by atoms with Crippen molar-refractivity contribution in [2.75, 3.05) is 4.90 Å². The second-order valence-corrected chi connectivity index (χ2v) is 7.54. The maximum Gasteiger partial charge on any atom is 0.267 e. The Kier molecular flexibility index (Phi) is 8.71. The Morgan fingerprint density at radius 1 is 0.941 bits per heavy atom. The number of anilines is 1. The van der Waals surface area contributed by atoms with Gasteiger partial charge in [-0.1, -0.05) is 73.7 Å². The van der Waals surface area contributed by atoms with Gasteiger partial charge in [0.15, 0.2) is 0 Å². The average molecular weight is 458 g/mol. The first-order valence-corrected chi connectivity index (χ1v) is 10.9. The van der Waals surface area contributed by atoms with Crippen LogP contribution in [0.1, 0.15) is 36.1 Å². The number of carbonyl (C=O) groups is 3. The number of para-hydroxylation sites is 1. The van der Waals surface area contributed by atoms with Crippen molar-refractivity contribution in [1.82, 2.24) is 10.8 Å². The van der Waals surface area contributed by atoms with Crippen molar-refractivity contribution < 1.29 is 19.6 Å². The van der Waals surface area contributed by atoms with E-state index in [1.54, 1.807) is 48.8 Å². The summed E-state index contributed by atoms with van der Waals surface area (Å²) < 4.78 is 0. The van der Waals surface area contributed by atoms with Crippen LogP contribution < -0.4 is 15.7 Å². The van der Waals surface area contributed by atoms with E-state index < -0.39 is 11.9 Å². The second-order valence-electron chi connectivity index (χ2n) is 7.54. The molecule has 1 atom stereocenters. The van der Waals surface area contributed by atoms with Gasteiger partial charge in [-0.15, -0.1) is 0 Å². The molecule has 3 aromatic carbocycles. The van der Waals surface area contributed by atoms with Crippen LogP contribution in [0.3, 0.4) is 0 Å². The fraction of sp³-hybridized carbons (Fsp3) is 0.148. The maximum atomic E-state index is 13.6. The first kappa shape index (κ1) is 24.4. The largest absolute Gasteiger partial charge is 0.350 e. The van der Waals surface area contributed by atoms with Crippen molar-refractivity contribution in [3.05, 3.63) is 108 Å². The van der Waals surface area contributed by atoms with Crippen LogP contribution in [-0.2, 0) is 20.9 Å². The van der Waals surface area contributed by atoms with E-state index >= 15 is 0 Å². The molecule has 0 aliphatic rings. The van der Waals surface area contributed by atoms with E-state index in [-0.39, 0.29) is 18.2 Å². The topological polar surface area (TPSA) is 98.7 Å². The summed E-state index contributed by atoms with van der Waals surface area (Å²) >= 11 is 0. The Morgan fingerprint density at radius 3 is 2.26 bits per heavy atom. The first-order chi connectivity index (χ1) is 16.5. The minimum absolute atomic E-state index is 0.202. The van der Waals surface area contributed by atoms with Crippen molar-refractivity contribution in [2.45, 2.75) is 25.9 Å². The molecule has 0 aromatic heterocycles. The Morgan fingerprint density at radius 2 is 1.62 bits per heavy atom. The SMILES string of the molecule is CCC(=O)N(c1ccccc1)C(C(=O)NCc1ccccc1)c1cccc(/C=C/C(=O)NO)c1. The molecule has 3 aromatic rings. The molecule has 0 fully saturated rings. The highest BCUT2D eigenvalue weighted by Crippen LogP contribution is 2.29. The smallest absolute Gasteiger partial charge is 0.267 e. The molecule has 7 nitrogen and oxygen atoms in total. The van der Waals surface area contributed by atoms with Crippen LogP contribution in [0.25, 0.3) is 6.08 Å². The van der Waals surface area contributed by atoms with Crippen LogP contribution in [0.5, 0.6) is 0 Å². The average Bonchev–Trinajstić information content (AvgIpc) is 2.89. The molecule has 7 heteroatoms. The normalized spacial score (nSPS) is 11.6. The van der Waals surface area contributed by atoms with Crippen LogP contribution in [0.4, 0.5) is 5.69 Å². The number of hydroxylamine groups is 1. The zero-order chi connectivity index (χ0) is 24.3. The van der Waals surface area contributed by atoms with Crippen LogP contribution in [-0.4, -0.2) is 22.9 Å². The van der Waals surface area contributed by atoms with Crippen LogP contribution in [0, 0.1) is 0 Å². The van der Waals surface area contributed by atoms with E-state index in [4.69, 9.17) is 5.21 Å². The number of nitrogens with zero attached hydrogens (tertiary/aromatic N) is 1. The molecule has 0 saturated heterocycles. The number of hydrogen-bond acceptors (Lipinski definition) is 4. The summed E-state index contributed by atoms with van der Waals surface area (Å²) in [6.45, 7) is 2.07. The fourth-order valence-electron chi connectivity index (χ4n) is 3.54. The number of benzene rings is 3. The van der Waals surface area contributed by atoms with Gasteiger partial charge in [-0.3, -0.25) is 24.5 Å². The highest BCUT2D eigenvalue weighted by molar-refractivity contribution is 6.01. The van der Waals surface area contributed by atoms with Gasteiger partial charge in [0.1, 0.15) is 6.04 Å². The molecule has 0 saturated carbocycles. The molecular formula is C27H27N3O4. The Balaban J connectivity index is 2.02. The van der Waals surface area contributed by atoms with Gasteiger partial charge in [0.2, 0.25) is 11.8 Å². The summed E-state index contributed by atoms with van der Waals surface area (Å²) in [5, 5.41) is 11.7. The number of hydrogen-bond donors (Lipinski definition) is 3. The predicted molar refractivity (Wildman–Crippen MR) is 131 cm³/mol. The van der Waals surface area contributed by atoms with Gasteiger partial charge < -0.3 is 5.32 Å². The molecule has 0 heterocycles. The molecule has 0 aliphatic carbocycles. The molecule has 0 aliphatic heterocycles. The fourth-order valence-corrected chi connectivity index (χ4v) is 3.54. The van der Waals surface area contributed by atoms with E-state index in [2.05, 4.69) is 5.32 Å². The number of carbonyl (C=O) groups excluding carboxylic acids is 3. The summed E-state index contributed by atoms with van der Waals surface area (Å²) in [5.41, 5.74) is 4.31. The number of amides is 3. The third kappa shape index (κ3) is 6.40. The monoisotopic (exact) mass is 457 g/mol. The third-order valence-electron chi connectivity index (χ3n) is 5.19. The van der Waals surface area contributed by atoms with E-state index in [1.165, 1.54) is 17.1 Å². The highest BCUT2D eigenvalue weighted by atomic mass is 16.5. The lowest BCUT2D eigenvalue weighted by atomic mass is 9.99. The minimum atomic E-state index is -0.932. The lowest BCUT2D eigenvalue weighted by Crippen LogP contribution is -2.43. The Labute approximate surface area is 198 Å². The first-order valence-electron chi connectivity index (χ1n) is 10.9. The van der Waals surface area contributed by atoms with Crippen molar-refractivity contribution >= 4 is 29.5 Å². The van der Waals surface area contributed by atoms with Crippen LogP contribution in [0.2, 0.25) is 0 Å². The van der Waals surface area contributed by atoms with E-state index in [0.29, 0.717) is 23.4 Å². The van der Waals surface area contributed by atoms with Gasteiger partial charge in [0.05, 0.1) is 0 Å². The molecule has 34 heavy (non-hydrogen) atoms. The predicted octanol–water partition coefficient (Wildman–Crippen LogP) is 4.01. The zero-order valence-electron chi connectivity index (χ0n) is 18.8. The minimum Gasteiger partial charge on any atom is -0.350 e. The van der Waals surface area contributed by atoms with Crippen molar-refractivity contribution in [1.29, 1.82) is 0 Å². The van der Waals surface area contributed by atoms with Crippen molar-refractivity contribution in [2.24, 2.45) is 0 Å². The second kappa shape index (κ2) is 12.1. The molecular weight excluding hydrogens is 430 g/mol. The van der Waals surface area contributed by atoms with E-state index in [1.807, 2.05) is 48.5 Å². The summed E-state index contributed by atoms with van der Waals surface area (Å²) in [4.78, 5) is 39.5. The molecule has 0 spiro atoms. The van der Waals surface area contributed by atoms with Crippen LogP contribution >= 0.6 is 0 Å². The number of nitrogens with one attached hydrogen (secondary N) is 2. The molecule has 3 amide bonds. The Hall–Kier alpha value is -4.23. The summed E-state index contributed by atoms with van der Waals surface area (Å²) in [6.07, 6.45) is 2.91. The molecule has 0 bridgehead atoms. The van der Waals surface area contributed by atoms with E-state index in [9.17, 15) is 14.4 Å². The summed E-state index contributed by atoms with van der Waals surface area (Å²) in [7, 11) is 0. The molecule has 3 N–H and O–H groups in total. The van der Waals surface area contributed by atoms with Crippen LogP contribution in [0.15, 0.2) is 91.0 Å². The highest BCUT2D eigenvalue weighted by Gasteiger charge is 2.32. The molecule has 0 radical (unpaired) electrons. The standard InChI is InChI=1S/C27H27N3O4/c1-2-25(32)30(23-14-7-4-8-15-23)26(27(33)28-19-21-10-5-3-6-11-21)22-13-9-12-20(18-22)16-17-24(31)29-34/h3-18,26,34H,2,19H2,1H3,(H,28,33)(H,29,31)/b17-16+. The lowest BCUT2D eigenvalue weighted by molar-refractivity contribution is -0.126. The summed E-state index contributed by atoms with van der Waals surface area (Å²) in [6, 6.07) is 24.7.